The van der Waals surface area contributed by atoms with E-state index in [-0.39, 0.29) is 22.9 Å². The molecule has 0 spiro atoms. The van der Waals surface area contributed by atoms with Gasteiger partial charge in [0, 0.05) is 24.1 Å². The van der Waals surface area contributed by atoms with Crippen LogP contribution in [0.4, 0.5) is 5.69 Å². The van der Waals surface area contributed by atoms with Crippen molar-refractivity contribution < 1.29 is 18.7 Å². The Balaban J connectivity index is 1.61. The summed E-state index contributed by atoms with van der Waals surface area (Å²) in [4.78, 5) is 28.1. The minimum atomic E-state index is -0.576. The number of aryl methyl sites for hydroxylation is 1. The number of hydrogen-bond acceptors (Lipinski definition) is 5. The molecule has 1 amide bonds. The first-order valence-corrected chi connectivity index (χ1v) is 9.11. The van der Waals surface area contributed by atoms with Crippen LogP contribution in [0.3, 0.4) is 0 Å². The standard InChI is InChI=1S/C20H16Cl2N2O4/c1-27-20(26)14-10-12(6-7-16(14)22)24-18(25)8-9-19-23-11-17(28-19)13-4-2-3-5-15(13)21/h2-7,10-11H,8-9H2,1H3,(H,24,25). The van der Waals surface area contributed by atoms with Crippen molar-refractivity contribution in [2.45, 2.75) is 12.8 Å². The monoisotopic (exact) mass is 418 g/mol. The summed E-state index contributed by atoms with van der Waals surface area (Å²) in [5.74, 6) is 0.140. The van der Waals surface area contributed by atoms with Crippen molar-refractivity contribution >= 4 is 40.8 Å². The van der Waals surface area contributed by atoms with Gasteiger partial charge in [0.2, 0.25) is 5.91 Å². The summed E-state index contributed by atoms with van der Waals surface area (Å²) in [5.41, 5.74) is 1.36. The Morgan fingerprint density at radius 1 is 1.14 bits per heavy atom. The molecule has 0 unspecified atom stereocenters. The van der Waals surface area contributed by atoms with Gasteiger partial charge in [0.25, 0.3) is 0 Å². The van der Waals surface area contributed by atoms with Gasteiger partial charge in [-0.25, -0.2) is 9.78 Å². The maximum absolute atomic E-state index is 12.2. The molecular weight excluding hydrogens is 403 g/mol. The number of esters is 1. The number of amides is 1. The molecule has 0 aliphatic rings. The molecule has 28 heavy (non-hydrogen) atoms. The Morgan fingerprint density at radius 3 is 2.68 bits per heavy atom. The second-order valence-corrected chi connectivity index (χ2v) is 6.65. The van der Waals surface area contributed by atoms with Crippen LogP contribution in [-0.2, 0) is 16.0 Å². The summed E-state index contributed by atoms with van der Waals surface area (Å²) in [6, 6.07) is 11.9. The van der Waals surface area contributed by atoms with Gasteiger partial charge in [-0.2, -0.15) is 0 Å². The van der Waals surface area contributed by atoms with Crippen LogP contribution in [0.1, 0.15) is 22.7 Å². The molecule has 0 atom stereocenters. The van der Waals surface area contributed by atoms with E-state index in [0.717, 1.165) is 5.56 Å². The molecule has 0 aliphatic carbocycles. The fourth-order valence-electron chi connectivity index (χ4n) is 2.52. The maximum atomic E-state index is 12.2. The second-order valence-electron chi connectivity index (χ2n) is 5.83. The van der Waals surface area contributed by atoms with Crippen molar-refractivity contribution in [1.29, 1.82) is 0 Å². The van der Waals surface area contributed by atoms with Gasteiger partial charge in [0.05, 0.1) is 28.9 Å². The molecular formula is C20H16Cl2N2O4. The molecule has 0 bridgehead atoms. The lowest BCUT2D eigenvalue weighted by Gasteiger charge is -2.07. The van der Waals surface area contributed by atoms with Crippen LogP contribution < -0.4 is 5.32 Å². The Hall–Kier alpha value is -2.83. The van der Waals surface area contributed by atoms with E-state index in [1.807, 2.05) is 18.2 Å². The molecule has 3 rings (SSSR count). The number of nitrogens with zero attached hydrogens (tertiary/aromatic N) is 1. The molecule has 0 fully saturated rings. The number of aromatic nitrogens is 1. The number of carbonyl (C=O) groups is 2. The van der Waals surface area contributed by atoms with E-state index in [4.69, 9.17) is 27.6 Å². The third-order valence-electron chi connectivity index (χ3n) is 3.91. The number of halogens is 2. The van der Waals surface area contributed by atoms with Crippen molar-refractivity contribution in [3.05, 3.63) is 70.2 Å². The van der Waals surface area contributed by atoms with Gasteiger partial charge >= 0.3 is 5.97 Å². The zero-order valence-electron chi connectivity index (χ0n) is 14.9. The van der Waals surface area contributed by atoms with Gasteiger partial charge < -0.3 is 14.5 Å². The van der Waals surface area contributed by atoms with Crippen molar-refractivity contribution in [3.8, 4) is 11.3 Å². The number of oxazole rings is 1. The van der Waals surface area contributed by atoms with Gasteiger partial charge in [0.15, 0.2) is 11.7 Å². The van der Waals surface area contributed by atoms with E-state index in [0.29, 0.717) is 28.8 Å². The van der Waals surface area contributed by atoms with Crippen molar-refractivity contribution in [3.63, 3.8) is 0 Å². The molecule has 0 saturated heterocycles. The fourth-order valence-corrected chi connectivity index (χ4v) is 2.95. The molecule has 6 nitrogen and oxygen atoms in total. The Kier molecular flexibility index (Phi) is 6.34. The summed E-state index contributed by atoms with van der Waals surface area (Å²) >= 11 is 12.1. The quantitative estimate of drug-likeness (QED) is 0.569. The van der Waals surface area contributed by atoms with Crippen LogP contribution in [0, 0.1) is 0 Å². The van der Waals surface area contributed by atoms with Crippen molar-refractivity contribution in [2.24, 2.45) is 0 Å². The van der Waals surface area contributed by atoms with Crippen molar-refractivity contribution in [1.82, 2.24) is 4.98 Å². The van der Waals surface area contributed by atoms with Gasteiger partial charge in [-0.3, -0.25) is 4.79 Å². The van der Waals surface area contributed by atoms with Gasteiger partial charge in [-0.05, 0) is 30.3 Å². The lowest BCUT2D eigenvalue weighted by molar-refractivity contribution is -0.116. The number of methoxy groups -OCH3 is 1. The average Bonchev–Trinajstić information content (AvgIpc) is 3.16. The Bertz CT molecular complexity index is 1020. The molecule has 0 saturated carbocycles. The van der Waals surface area contributed by atoms with E-state index >= 15 is 0 Å². The summed E-state index contributed by atoms with van der Waals surface area (Å²) in [6.45, 7) is 0. The third-order valence-corrected chi connectivity index (χ3v) is 4.57. The van der Waals surface area contributed by atoms with E-state index in [2.05, 4.69) is 15.0 Å². The molecule has 8 heteroatoms. The third kappa shape index (κ3) is 4.71. The number of benzene rings is 2. The Morgan fingerprint density at radius 2 is 1.93 bits per heavy atom. The summed E-state index contributed by atoms with van der Waals surface area (Å²) in [7, 11) is 1.26. The summed E-state index contributed by atoms with van der Waals surface area (Å²) in [6.07, 6.45) is 2.04. The minimum absolute atomic E-state index is 0.151. The molecule has 1 N–H and O–H groups in total. The number of nitrogens with one attached hydrogen (secondary N) is 1. The van der Waals surface area contributed by atoms with Crippen LogP contribution in [0.25, 0.3) is 11.3 Å². The molecule has 1 aromatic heterocycles. The van der Waals surface area contributed by atoms with E-state index in [9.17, 15) is 9.59 Å². The summed E-state index contributed by atoms with van der Waals surface area (Å²) in [5, 5.41) is 3.52. The maximum Gasteiger partial charge on any atom is 0.339 e. The van der Waals surface area contributed by atoms with E-state index in [1.54, 1.807) is 18.3 Å². The van der Waals surface area contributed by atoms with Crippen LogP contribution in [0.15, 0.2) is 53.1 Å². The Labute approximate surface area is 171 Å². The highest BCUT2D eigenvalue weighted by atomic mass is 35.5. The lowest BCUT2D eigenvalue weighted by atomic mass is 10.2. The normalized spacial score (nSPS) is 10.5. The predicted molar refractivity (Wildman–Crippen MR) is 107 cm³/mol. The highest BCUT2D eigenvalue weighted by molar-refractivity contribution is 6.34. The molecule has 0 radical (unpaired) electrons. The van der Waals surface area contributed by atoms with E-state index < -0.39 is 5.97 Å². The molecule has 2 aromatic carbocycles. The number of anilines is 1. The van der Waals surface area contributed by atoms with Crippen molar-refractivity contribution in [2.75, 3.05) is 12.4 Å². The predicted octanol–water partition coefficient (Wildman–Crippen LogP) is 5.01. The van der Waals surface area contributed by atoms with E-state index in [1.165, 1.54) is 19.2 Å². The first-order chi connectivity index (χ1) is 13.5. The highest BCUT2D eigenvalue weighted by Gasteiger charge is 2.14. The van der Waals surface area contributed by atoms with Crippen LogP contribution in [0.2, 0.25) is 10.0 Å². The fraction of sp³-hybridized carbons (Fsp3) is 0.150. The SMILES string of the molecule is COC(=O)c1cc(NC(=O)CCc2ncc(-c3ccccc3Cl)o2)ccc1Cl. The lowest BCUT2D eigenvalue weighted by Crippen LogP contribution is -2.13. The van der Waals surface area contributed by atoms with Gasteiger partial charge in [0.1, 0.15) is 0 Å². The number of rotatable bonds is 6. The highest BCUT2D eigenvalue weighted by Crippen LogP contribution is 2.28. The molecule has 144 valence electrons. The molecule has 0 aliphatic heterocycles. The van der Waals surface area contributed by atoms with Crippen LogP contribution in [0.5, 0.6) is 0 Å². The number of ether oxygens (including phenoxy) is 1. The second kappa shape index (κ2) is 8.91. The first kappa shape index (κ1) is 19.9. The number of hydrogen-bond donors (Lipinski definition) is 1. The zero-order valence-corrected chi connectivity index (χ0v) is 16.4. The van der Waals surface area contributed by atoms with Gasteiger partial charge in [-0.15, -0.1) is 0 Å². The topological polar surface area (TPSA) is 81.4 Å². The zero-order chi connectivity index (χ0) is 20.1. The minimum Gasteiger partial charge on any atom is -0.465 e. The van der Waals surface area contributed by atoms with Crippen LogP contribution in [-0.4, -0.2) is 24.0 Å². The largest absolute Gasteiger partial charge is 0.465 e. The molecule has 1 heterocycles. The number of carbonyl (C=O) groups excluding carboxylic acids is 2. The van der Waals surface area contributed by atoms with Gasteiger partial charge in [-0.1, -0.05) is 35.3 Å². The summed E-state index contributed by atoms with van der Waals surface area (Å²) < 4.78 is 10.3. The first-order valence-electron chi connectivity index (χ1n) is 8.35. The molecule has 3 aromatic rings. The smallest absolute Gasteiger partial charge is 0.339 e. The average molecular weight is 419 g/mol. The van der Waals surface area contributed by atoms with Crippen LogP contribution >= 0.6 is 23.2 Å².